The molecule has 4 aliphatic rings. The summed E-state index contributed by atoms with van der Waals surface area (Å²) in [5, 5.41) is 38.5. The number of ether oxygens (including phenoxy) is 6. The second-order valence-corrected chi connectivity index (χ2v) is 17.7. The lowest BCUT2D eigenvalue weighted by Crippen LogP contribution is -2.61. The molecule has 0 saturated carbocycles. The van der Waals surface area contributed by atoms with Crippen molar-refractivity contribution in [2.24, 2.45) is 23.7 Å². The molecular weight excluding hydrogens is 656 g/mol. The molecule has 298 valence electrons. The van der Waals surface area contributed by atoms with Gasteiger partial charge in [0.05, 0.1) is 59.8 Å². The maximum atomic E-state index is 14.3. The van der Waals surface area contributed by atoms with Gasteiger partial charge in [-0.3, -0.25) is 9.69 Å². The predicted octanol–water partition coefficient (Wildman–Crippen LogP) is 4.00. The van der Waals surface area contributed by atoms with Gasteiger partial charge in [0.2, 0.25) is 5.91 Å². The van der Waals surface area contributed by atoms with Crippen molar-refractivity contribution in [3.8, 4) is 0 Å². The average molecular weight is 729 g/mol. The molecule has 4 saturated heterocycles. The van der Waals surface area contributed by atoms with Crippen LogP contribution < -0.4 is 5.32 Å². The molecule has 0 aliphatic carbocycles. The molecule has 12 heteroatoms. The first-order valence-corrected chi connectivity index (χ1v) is 19.5. The number of amides is 1. The summed E-state index contributed by atoms with van der Waals surface area (Å²) in [6.45, 7) is 23.5. The van der Waals surface area contributed by atoms with E-state index in [-0.39, 0.29) is 36.1 Å². The maximum Gasteiger partial charge on any atom is 0.225 e. The Morgan fingerprint density at radius 1 is 0.961 bits per heavy atom. The Labute approximate surface area is 307 Å². The molecule has 4 rings (SSSR count). The first kappa shape index (κ1) is 42.8. The van der Waals surface area contributed by atoms with E-state index in [4.69, 9.17) is 28.4 Å². The number of nitrogens with zero attached hydrogens (tertiary/aromatic N) is 1. The van der Waals surface area contributed by atoms with E-state index in [0.29, 0.717) is 32.1 Å². The molecule has 0 aromatic heterocycles. The summed E-state index contributed by atoms with van der Waals surface area (Å²) < 4.78 is 39.6. The van der Waals surface area contributed by atoms with E-state index in [2.05, 4.69) is 31.0 Å². The van der Waals surface area contributed by atoms with Gasteiger partial charge in [-0.2, -0.15) is 0 Å². The Kier molecular flexibility index (Phi) is 13.8. The van der Waals surface area contributed by atoms with Gasteiger partial charge in [-0.1, -0.05) is 34.6 Å². The highest BCUT2D eigenvalue weighted by molar-refractivity contribution is 5.79. The van der Waals surface area contributed by atoms with Gasteiger partial charge in [-0.05, 0) is 80.7 Å². The number of aliphatic hydroxyl groups is 3. The summed E-state index contributed by atoms with van der Waals surface area (Å²) in [7, 11) is 3.70. The van der Waals surface area contributed by atoms with Crippen molar-refractivity contribution >= 4 is 5.91 Å². The standard InChI is InChI=1S/C39H72N2O10/c1-15-28-39(12,45)33(43)24(7)31-21(4)17-38(11,51-31)34(50-36-30(42)27(16-22(5)48-36)41(13)20(2)3)25(8)32(26(9)35(44)40-28)49-29-19-37(10,46-14)18-23(6)47-29/h20-34,36,42-43,45H,15-19H2,1-14H3,(H,40,44)/t21?,22-,23+,24+,25+,26-,27+,28-,29?,30-,31?,32+,33-,34-,36?,37+,38?,39-/m1/s1. The van der Waals surface area contributed by atoms with Crippen LogP contribution in [0.5, 0.6) is 0 Å². The molecule has 0 spiro atoms. The fourth-order valence-electron chi connectivity index (χ4n) is 9.66. The van der Waals surface area contributed by atoms with Gasteiger partial charge >= 0.3 is 0 Å². The van der Waals surface area contributed by atoms with Crippen molar-refractivity contribution in [3.63, 3.8) is 0 Å². The zero-order valence-corrected chi connectivity index (χ0v) is 33.9. The van der Waals surface area contributed by atoms with Crippen LogP contribution in [-0.4, -0.2) is 131 Å². The maximum absolute atomic E-state index is 14.3. The molecular formula is C39H72N2O10. The van der Waals surface area contributed by atoms with Gasteiger partial charge in [0.1, 0.15) is 11.7 Å². The molecule has 2 bridgehead atoms. The van der Waals surface area contributed by atoms with Gasteiger partial charge in [-0.15, -0.1) is 0 Å². The fourth-order valence-corrected chi connectivity index (χ4v) is 9.66. The number of carbonyl (C=O) groups is 1. The number of fused-ring (bicyclic) bond motifs is 2. The van der Waals surface area contributed by atoms with Crippen LogP contribution in [0.25, 0.3) is 0 Å². The van der Waals surface area contributed by atoms with Gasteiger partial charge in [0.25, 0.3) is 0 Å². The first-order valence-electron chi connectivity index (χ1n) is 19.5. The number of hydrogen-bond acceptors (Lipinski definition) is 11. The van der Waals surface area contributed by atoms with E-state index in [1.165, 1.54) is 0 Å². The molecule has 0 radical (unpaired) electrons. The minimum atomic E-state index is -1.65. The minimum Gasteiger partial charge on any atom is -0.390 e. The summed E-state index contributed by atoms with van der Waals surface area (Å²) in [5.41, 5.74) is -3.07. The van der Waals surface area contributed by atoms with Gasteiger partial charge in [0, 0.05) is 43.9 Å². The van der Waals surface area contributed by atoms with E-state index in [1.54, 1.807) is 14.0 Å². The average Bonchev–Trinajstić information content (AvgIpc) is 3.37. The van der Waals surface area contributed by atoms with E-state index < -0.39 is 83.7 Å². The number of hydrogen-bond donors (Lipinski definition) is 4. The highest BCUT2D eigenvalue weighted by atomic mass is 16.7. The Balaban J connectivity index is 1.83. The van der Waals surface area contributed by atoms with Gasteiger partial charge < -0.3 is 49.1 Å². The number of rotatable bonds is 8. The summed E-state index contributed by atoms with van der Waals surface area (Å²) in [6.07, 6.45) is -3.23. The van der Waals surface area contributed by atoms with Crippen molar-refractivity contribution in [1.29, 1.82) is 0 Å². The summed E-state index contributed by atoms with van der Waals surface area (Å²) in [5.74, 6) is -2.03. The second kappa shape index (κ2) is 16.4. The minimum absolute atomic E-state index is 0.0102. The number of nitrogens with one attached hydrogen (secondary N) is 1. The Morgan fingerprint density at radius 2 is 1.61 bits per heavy atom. The monoisotopic (exact) mass is 729 g/mol. The van der Waals surface area contributed by atoms with Crippen molar-refractivity contribution in [2.75, 3.05) is 14.2 Å². The SMILES string of the molecule is CC[C@H]1NC(=O)[C@H](C)[C@@H](OC2C[C@@](C)(OC)C[C@H](C)O2)[C@H](C)[C@@H](OC2O[C@H](C)C[C@H](N(C)C(C)C)[C@H]2O)C2(C)CC(C)C(O2)[C@H](C)[C@@H](O)[C@]1(C)O. The largest absolute Gasteiger partial charge is 0.390 e. The van der Waals surface area contributed by atoms with E-state index in [9.17, 15) is 20.1 Å². The van der Waals surface area contributed by atoms with Crippen LogP contribution in [0.2, 0.25) is 0 Å². The number of aliphatic hydroxyl groups excluding tert-OH is 2. The van der Waals surface area contributed by atoms with Gasteiger partial charge in [-0.25, -0.2) is 0 Å². The zero-order valence-electron chi connectivity index (χ0n) is 33.9. The third kappa shape index (κ3) is 8.97. The highest BCUT2D eigenvalue weighted by Crippen LogP contribution is 2.47. The van der Waals surface area contributed by atoms with Crippen LogP contribution in [0, 0.1) is 23.7 Å². The Morgan fingerprint density at radius 3 is 2.20 bits per heavy atom. The third-order valence-corrected chi connectivity index (χ3v) is 13.0. The molecule has 5 unspecified atom stereocenters. The molecule has 1 amide bonds. The molecule has 4 fully saturated rings. The molecule has 4 N–H and O–H groups in total. The number of methoxy groups -OCH3 is 1. The van der Waals surface area contributed by atoms with Crippen LogP contribution >= 0.6 is 0 Å². The molecule has 0 aromatic rings. The van der Waals surface area contributed by atoms with Crippen molar-refractivity contribution in [3.05, 3.63) is 0 Å². The molecule has 51 heavy (non-hydrogen) atoms. The smallest absolute Gasteiger partial charge is 0.225 e. The lowest BCUT2D eigenvalue weighted by atomic mass is 9.75. The van der Waals surface area contributed by atoms with E-state index >= 15 is 0 Å². The summed E-state index contributed by atoms with van der Waals surface area (Å²) >= 11 is 0. The molecule has 0 aromatic carbocycles. The molecule has 4 aliphatic heterocycles. The molecule has 18 atom stereocenters. The quantitative estimate of drug-likeness (QED) is 0.288. The topological polar surface area (TPSA) is 148 Å². The van der Waals surface area contributed by atoms with Crippen molar-refractivity contribution < 1.29 is 48.5 Å². The zero-order chi connectivity index (χ0) is 38.4. The number of carbonyl (C=O) groups excluding carboxylic acids is 1. The van der Waals surface area contributed by atoms with E-state index in [0.717, 1.165) is 0 Å². The second-order valence-electron chi connectivity index (χ2n) is 17.7. The van der Waals surface area contributed by atoms with Crippen molar-refractivity contribution in [2.45, 2.75) is 205 Å². The van der Waals surface area contributed by atoms with Crippen LogP contribution in [0.15, 0.2) is 0 Å². The van der Waals surface area contributed by atoms with Crippen LogP contribution in [-0.2, 0) is 33.2 Å². The first-order chi connectivity index (χ1) is 23.6. The molecule has 4 heterocycles. The predicted molar refractivity (Wildman–Crippen MR) is 194 cm³/mol. The Bertz CT molecular complexity index is 1160. The highest BCUT2D eigenvalue weighted by Gasteiger charge is 2.57. The summed E-state index contributed by atoms with van der Waals surface area (Å²) in [6, 6.07) is -0.736. The number of likely N-dealkylation sites (N-methyl/N-ethyl adjacent to an activating group) is 1. The summed E-state index contributed by atoms with van der Waals surface area (Å²) in [4.78, 5) is 16.4. The van der Waals surface area contributed by atoms with Crippen LogP contribution in [0.3, 0.4) is 0 Å². The lowest BCUT2D eigenvalue weighted by molar-refractivity contribution is -0.312. The van der Waals surface area contributed by atoms with Crippen molar-refractivity contribution in [1.82, 2.24) is 10.2 Å². The van der Waals surface area contributed by atoms with Crippen LogP contribution in [0.4, 0.5) is 0 Å². The lowest BCUT2D eigenvalue weighted by Gasteiger charge is -2.48. The van der Waals surface area contributed by atoms with Crippen LogP contribution in [0.1, 0.15) is 115 Å². The van der Waals surface area contributed by atoms with E-state index in [1.807, 2.05) is 62.4 Å². The Hall–Kier alpha value is -0.930. The molecule has 12 nitrogen and oxygen atoms in total. The fraction of sp³-hybridized carbons (Fsp3) is 0.974. The normalized spacial score (nSPS) is 50.4. The van der Waals surface area contributed by atoms with Gasteiger partial charge in [0.15, 0.2) is 12.6 Å². The third-order valence-electron chi connectivity index (χ3n) is 13.0.